The zero-order valence-corrected chi connectivity index (χ0v) is 15.1. The van der Waals surface area contributed by atoms with Crippen molar-refractivity contribution < 1.29 is 18.5 Å². The molecular weight excluding hydrogens is 344 g/mol. The van der Waals surface area contributed by atoms with Gasteiger partial charge in [-0.1, -0.05) is 30.3 Å². The fraction of sp³-hybridized carbons (Fsp3) is 0.190. The Morgan fingerprint density at radius 3 is 2.78 bits per heavy atom. The van der Waals surface area contributed by atoms with E-state index < -0.39 is 5.97 Å². The van der Waals surface area contributed by atoms with Crippen molar-refractivity contribution in [1.82, 2.24) is 10.1 Å². The summed E-state index contributed by atoms with van der Waals surface area (Å²) < 4.78 is 16.0. The van der Waals surface area contributed by atoms with Crippen molar-refractivity contribution in [2.75, 3.05) is 0 Å². The van der Waals surface area contributed by atoms with Gasteiger partial charge in [-0.25, -0.2) is 4.79 Å². The highest BCUT2D eigenvalue weighted by molar-refractivity contribution is 6.04. The Balaban J connectivity index is 1.59. The van der Waals surface area contributed by atoms with Crippen LogP contribution in [-0.2, 0) is 17.8 Å². The largest absolute Gasteiger partial charge is 0.461 e. The van der Waals surface area contributed by atoms with Crippen molar-refractivity contribution in [2.24, 2.45) is 0 Å². The molecule has 0 atom stereocenters. The molecule has 1 aromatic carbocycles. The Labute approximate surface area is 155 Å². The highest BCUT2D eigenvalue weighted by Gasteiger charge is 2.19. The van der Waals surface area contributed by atoms with Crippen LogP contribution in [0, 0.1) is 6.92 Å². The molecule has 0 bridgehead atoms. The van der Waals surface area contributed by atoms with Gasteiger partial charge in [0.15, 0.2) is 5.76 Å². The molecule has 6 heteroatoms. The number of hydrogen-bond donors (Lipinski definition) is 0. The minimum absolute atomic E-state index is 0.0145. The van der Waals surface area contributed by atoms with Gasteiger partial charge < -0.3 is 13.7 Å². The number of fused-ring (bicyclic) bond motifs is 1. The van der Waals surface area contributed by atoms with Crippen molar-refractivity contribution in [3.8, 4) is 11.5 Å². The molecule has 136 valence electrons. The number of carbonyl (C=O) groups excluding carboxylic acids is 1. The van der Waals surface area contributed by atoms with Crippen LogP contribution in [0.3, 0.4) is 0 Å². The van der Waals surface area contributed by atoms with Crippen LogP contribution in [-0.4, -0.2) is 16.1 Å². The molecule has 3 aromatic heterocycles. The summed E-state index contributed by atoms with van der Waals surface area (Å²) in [6.45, 7) is 3.94. The van der Waals surface area contributed by atoms with Gasteiger partial charge in [0.1, 0.15) is 12.3 Å². The molecule has 0 N–H and O–H groups in total. The lowest BCUT2D eigenvalue weighted by Gasteiger charge is -2.12. The van der Waals surface area contributed by atoms with Crippen LogP contribution in [0.25, 0.3) is 22.4 Å². The lowest BCUT2D eigenvalue weighted by Crippen LogP contribution is -2.11. The van der Waals surface area contributed by atoms with Gasteiger partial charge in [-0.3, -0.25) is 4.98 Å². The molecule has 6 nitrogen and oxygen atoms in total. The Kier molecular flexibility index (Phi) is 4.46. The molecule has 4 rings (SSSR count). The predicted molar refractivity (Wildman–Crippen MR) is 99.2 cm³/mol. The van der Waals surface area contributed by atoms with E-state index in [9.17, 15) is 4.79 Å². The molecule has 0 aliphatic carbocycles. The molecule has 0 radical (unpaired) electrons. The molecule has 4 aromatic rings. The number of pyridine rings is 1. The highest BCUT2D eigenvalue weighted by Crippen LogP contribution is 2.25. The van der Waals surface area contributed by atoms with E-state index >= 15 is 0 Å². The number of rotatable bonds is 5. The first-order chi connectivity index (χ1) is 13.2. The molecule has 0 fully saturated rings. The summed E-state index contributed by atoms with van der Waals surface area (Å²) in [6.07, 6.45) is 2.30. The quantitative estimate of drug-likeness (QED) is 0.478. The lowest BCUT2D eigenvalue weighted by molar-refractivity contribution is 0.0465. The van der Waals surface area contributed by atoms with E-state index in [-0.39, 0.29) is 6.61 Å². The summed E-state index contributed by atoms with van der Waals surface area (Å²) in [5, 5.41) is 4.72. The van der Waals surface area contributed by atoms with Gasteiger partial charge in [-0.15, -0.1) is 0 Å². The summed E-state index contributed by atoms with van der Waals surface area (Å²) >= 11 is 0. The molecular formula is C21H18N2O4. The minimum atomic E-state index is -0.400. The van der Waals surface area contributed by atoms with Gasteiger partial charge in [-0.05, 0) is 37.1 Å². The molecule has 0 aliphatic rings. The maximum atomic E-state index is 12.8. The summed E-state index contributed by atoms with van der Waals surface area (Å²) in [7, 11) is 0. The number of aromatic nitrogens is 2. The number of aryl methyl sites for hydroxylation is 1. The van der Waals surface area contributed by atoms with E-state index in [1.807, 2.05) is 38.1 Å². The third-order valence-corrected chi connectivity index (χ3v) is 4.45. The normalized spacial score (nSPS) is 11.0. The van der Waals surface area contributed by atoms with Crippen molar-refractivity contribution in [2.45, 2.75) is 26.9 Å². The zero-order valence-electron chi connectivity index (χ0n) is 15.1. The Morgan fingerprint density at radius 1 is 1.15 bits per heavy atom. The van der Waals surface area contributed by atoms with Crippen LogP contribution >= 0.6 is 0 Å². The number of furan rings is 1. The topological polar surface area (TPSA) is 78.4 Å². The Morgan fingerprint density at radius 2 is 2.00 bits per heavy atom. The number of para-hydroxylation sites is 1. The fourth-order valence-electron chi connectivity index (χ4n) is 3.09. The number of carbonyl (C=O) groups is 1. The molecule has 0 saturated heterocycles. The molecule has 27 heavy (non-hydrogen) atoms. The highest BCUT2D eigenvalue weighted by atomic mass is 16.5. The second-order valence-electron chi connectivity index (χ2n) is 6.17. The number of benzene rings is 1. The smallest absolute Gasteiger partial charge is 0.339 e. The maximum absolute atomic E-state index is 12.8. The monoisotopic (exact) mass is 362 g/mol. The second-order valence-corrected chi connectivity index (χ2v) is 6.17. The summed E-state index contributed by atoms with van der Waals surface area (Å²) in [6, 6.07) is 12.8. The Bertz CT molecular complexity index is 1100. The summed E-state index contributed by atoms with van der Waals surface area (Å²) in [5.74, 6) is 0.664. The second kappa shape index (κ2) is 7.07. The van der Waals surface area contributed by atoms with Gasteiger partial charge in [-0.2, -0.15) is 0 Å². The average Bonchev–Trinajstić information content (AvgIpc) is 3.37. The zero-order chi connectivity index (χ0) is 18.8. The van der Waals surface area contributed by atoms with Crippen LogP contribution < -0.4 is 0 Å². The Hall–Kier alpha value is -3.41. The number of hydrogen-bond acceptors (Lipinski definition) is 6. The first-order valence-corrected chi connectivity index (χ1v) is 8.72. The molecule has 0 saturated carbocycles. The van der Waals surface area contributed by atoms with Crippen LogP contribution in [0.1, 0.15) is 34.2 Å². The molecule has 0 amide bonds. The van der Waals surface area contributed by atoms with Gasteiger partial charge in [0.2, 0.25) is 5.76 Å². The van der Waals surface area contributed by atoms with E-state index in [0.717, 1.165) is 28.6 Å². The third-order valence-electron chi connectivity index (χ3n) is 4.45. The predicted octanol–water partition coefficient (Wildman–Crippen LogP) is 4.71. The van der Waals surface area contributed by atoms with Crippen molar-refractivity contribution in [3.05, 3.63) is 71.2 Å². The van der Waals surface area contributed by atoms with Gasteiger partial charge in [0.25, 0.3) is 0 Å². The number of nitrogens with zero attached hydrogens (tertiary/aromatic N) is 2. The number of ether oxygens (including phenoxy) is 1. The SMILES string of the molecule is CCc1nc2ccccc2c(C(=O)OCc2cc(-c3ccco3)on2)c1C. The molecule has 0 aliphatic heterocycles. The summed E-state index contributed by atoms with van der Waals surface area (Å²) in [5.41, 5.74) is 3.59. The minimum Gasteiger partial charge on any atom is -0.461 e. The first kappa shape index (κ1) is 17.0. The first-order valence-electron chi connectivity index (χ1n) is 8.72. The molecule has 3 heterocycles. The standard InChI is InChI=1S/C21H18N2O4/c1-3-16-13(2)20(15-7-4-5-8-17(15)22-16)21(24)26-12-14-11-19(27-23-14)18-9-6-10-25-18/h4-11H,3,12H2,1-2H3. The van der Waals surface area contributed by atoms with Gasteiger partial charge in [0, 0.05) is 17.1 Å². The van der Waals surface area contributed by atoms with Crippen LogP contribution in [0.4, 0.5) is 0 Å². The van der Waals surface area contributed by atoms with Gasteiger partial charge in [0.05, 0.1) is 17.3 Å². The molecule has 0 spiro atoms. The molecule has 0 unspecified atom stereocenters. The summed E-state index contributed by atoms with van der Waals surface area (Å²) in [4.78, 5) is 17.5. The van der Waals surface area contributed by atoms with Crippen molar-refractivity contribution in [1.29, 1.82) is 0 Å². The van der Waals surface area contributed by atoms with Crippen LogP contribution in [0.5, 0.6) is 0 Å². The van der Waals surface area contributed by atoms with Crippen LogP contribution in [0.15, 0.2) is 57.7 Å². The van der Waals surface area contributed by atoms with E-state index in [4.69, 9.17) is 13.7 Å². The van der Waals surface area contributed by atoms with Gasteiger partial charge >= 0.3 is 5.97 Å². The van der Waals surface area contributed by atoms with E-state index in [1.54, 1.807) is 24.5 Å². The van der Waals surface area contributed by atoms with E-state index in [1.165, 1.54) is 0 Å². The third kappa shape index (κ3) is 3.21. The van der Waals surface area contributed by atoms with Crippen molar-refractivity contribution in [3.63, 3.8) is 0 Å². The fourth-order valence-corrected chi connectivity index (χ4v) is 3.09. The average molecular weight is 362 g/mol. The number of esters is 1. The van der Waals surface area contributed by atoms with Crippen molar-refractivity contribution >= 4 is 16.9 Å². The van der Waals surface area contributed by atoms with Crippen LogP contribution in [0.2, 0.25) is 0 Å². The maximum Gasteiger partial charge on any atom is 0.339 e. The lowest BCUT2D eigenvalue weighted by atomic mass is 10.0. The van der Waals surface area contributed by atoms with E-state index in [0.29, 0.717) is 22.8 Å². The van der Waals surface area contributed by atoms with E-state index in [2.05, 4.69) is 10.1 Å².